The number of hydrogen-bond donors (Lipinski definition) is 0. The van der Waals surface area contributed by atoms with E-state index in [1.165, 1.54) is 12.1 Å². The van der Waals surface area contributed by atoms with Gasteiger partial charge in [0.2, 0.25) is 0 Å². The summed E-state index contributed by atoms with van der Waals surface area (Å²) >= 11 is 0. The predicted octanol–water partition coefficient (Wildman–Crippen LogP) is 11.5. The quantitative estimate of drug-likeness (QED) is 0.187. The number of benzene rings is 7. The Balaban J connectivity index is 1.16. The molecule has 5 nitrogen and oxygen atoms in total. The molecule has 3 aromatic heterocycles. The lowest BCUT2D eigenvalue weighted by Gasteiger charge is -2.10. The fourth-order valence-electron chi connectivity index (χ4n) is 6.68. The SMILES string of the molecule is [2H]c1cc([2H])c2c(c1[2H])c1c([2H])c([2H])cc([2H])c1n2-c1cccc2oc3cc(-c4nc(-c5ccccc5)nc(-c5ccc(-c6ccccc6)cc5)n4)ccc3c12. The molecule has 50 heavy (non-hydrogen) atoms. The van der Waals surface area contributed by atoms with Crippen LogP contribution in [-0.4, -0.2) is 19.5 Å². The van der Waals surface area contributed by atoms with E-state index in [1.807, 2.05) is 97.1 Å². The van der Waals surface area contributed by atoms with Gasteiger partial charge in [-0.25, -0.2) is 15.0 Å². The maximum atomic E-state index is 8.95. The highest BCUT2D eigenvalue weighted by Gasteiger charge is 2.19. The van der Waals surface area contributed by atoms with Crippen LogP contribution in [0, 0.1) is 0 Å². The van der Waals surface area contributed by atoms with E-state index in [0.29, 0.717) is 45.3 Å². The van der Waals surface area contributed by atoms with Gasteiger partial charge in [0.05, 0.1) is 30.3 Å². The molecule has 0 amide bonds. The molecule has 0 unspecified atom stereocenters. The average Bonchev–Trinajstić information content (AvgIpc) is 3.80. The van der Waals surface area contributed by atoms with Crippen molar-refractivity contribution in [2.24, 2.45) is 0 Å². The predicted molar refractivity (Wildman–Crippen MR) is 203 cm³/mol. The number of fused-ring (bicyclic) bond motifs is 6. The Kier molecular flexibility index (Phi) is 5.17. The molecule has 0 radical (unpaired) electrons. The summed E-state index contributed by atoms with van der Waals surface area (Å²) in [6, 6.07) is 41.3. The lowest BCUT2D eigenvalue weighted by atomic mass is 10.0. The highest BCUT2D eigenvalue weighted by molar-refractivity contribution is 6.14. The molecule has 10 aromatic rings. The first-order chi connectivity index (χ1) is 27.2. The van der Waals surface area contributed by atoms with E-state index >= 15 is 0 Å². The molecule has 0 aliphatic rings. The molecule has 10 rings (SSSR count). The summed E-state index contributed by atoms with van der Waals surface area (Å²) in [5, 5.41) is 1.86. The number of para-hydroxylation sites is 2. The molecular weight excluding hydrogens is 613 g/mol. The van der Waals surface area contributed by atoms with Gasteiger partial charge in [0.1, 0.15) is 11.2 Å². The summed E-state index contributed by atoms with van der Waals surface area (Å²) in [6.45, 7) is 0. The van der Waals surface area contributed by atoms with E-state index in [9.17, 15) is 0 Å². The van der Waals surface area contributed by atoms with Crippen molar-refractivity contribution < 1.29 is 12.6 Å². The Bertz CT molecular complexity index is 3130. The van der Waals surface area contributed by atoms with Crippen LogP contribution in [0.3, 0.4) is 0 Å². The first kappa shape index (κ1) is 22.7. The van der Waals surface area contributed by atoms with Crippen molar-refractivity contribution in [1.29, 1.82) is 0 Å². The minimum absolute atomic E-state index is 0.0239. The monoisotopic (exact) mass is 646 g/mol. The van der Waals surface area contributed by atoms with Crippen molar-refractivity contribution >= 4 is 43.7 Å². The van der Waals surface area contributed by atoms with Crippen molar-refractivity contribution in [3.05, 3.63) is 170 Å². The molecule has 7 aromatic carbocycles. The molecule has 0 N–H and O–H groups in total. The van der Waals surface area contributed by atoms with Gasteiger partial charge < -0.3 is 8.98 Å². The molecule has 0 atom stereocenters. The van der Waals surface area contributed by atoms with E-state index < -0.39 is 0 Å². The molecule has 0 aliphatic carbocycles. The molecule has 234 valence electrons. The molecule has 0 bridgehead atoms. The molecule has 3 heterocycles. The average molecular weight is 647 g/mol. The minimum Gasteiger partial charge on any atom is -0.456 e. The standard InChI is InChI=1S/C45H28N4O/c1-3-12-29(13-4-1)30-22-24-32(25-23-30)44-46-43(31-14-5-2-6-15-31)47-45(48-44)33-26-27-36-41(28-33)50-40-21-11-20-39(42(36)40)49-37-18-9-7-16-34(37)35-17-8-10-19-38(35)49/h1-28H/i7D,8D,16D,17D,18D,19D. The molecule has 0 fully saturated rings. The zero-order chi connectivity index (χ0) is 38.2. The third-order valence-electron chi connectivity index (χ3n) is 9.02. The Morgan fingerprint density at radius 2 is 0.980 bits per heavy atom. The van der Waals surface area contributed by atoms with Crippen LogP contribution < -0.4 is 0 Å². The summed E-state index contributed by atoms with van der Waals surface area (Å²) < 4.78 is 60.5. The van der Waals surface area contributed by atoms with Gasteiger partial charge >= 0.3 is 0 Å². The number of furan rings is 1. The first-order valence-corrected chi connectivity index (χ1v) is 16.2. The Morgan fingerprint density at radius 3 is 1.64 bits per heavy atom. The minimum atomic E-state index is -0.163. The Hall–Kier alpha value is -6.85. The van der Waals surface area contributed by atoms with Crippen LogP contribution in [0.25, 0.3) is 94.7 Å². The normalized spacial score (nSPS) is 13.3. The fraction of sp³-hybridized carbons (Fsp3) is 0. The van der Waals surface area contributed by atoms with Crippen molar-refractivity contribution in [1.82, 2.24) is 19.5 Å². The van der Waals surface area contributed by atoms with Crippen LogP contribution in [0.4, 0.5) is 0 Å². The van der Waals surface area contributed by atoms with Crippen LogP contribution in [0.2, 0.25) is 0 Å². The first-order valence-electron chi connectivity index (χ1n) is 19.2. The molecular formula is C45H28N4O. The van der Waals surface area contributed by atoms with E-state index in [-0.39, 0.29) is 58.1 Å². The van der Waals surface area contributed by atoms with Gasteiger partial charge in [0.25, 0.3) is 0 Å². The second-order valence-corrected chi connectivity index (χ2v) is 12.0. The third kappa shape index (κ3) is 4.60. The van der Waals surface area contributed by atoms with Crippen LogP contribution >= 0.6 is 0 Å². The van der Waals surface area contributed by atoms with Crippen molar-refractivity contribution in [2.75, 3.05) is 0 Å². The zero-order valence-corrected chi connectivity index (χ0v) is 26.4. The highest BCUT2D eigenvalue weighted by atomic mass is 16.3. The number of hydrogen-bond acceptors (Lipinski definition) is 4. The number of aromatic nitrogens is 4. The van der Waals surface area contributed by atoms with E-state index in [1.54, 1.807) is 4.57 Å². The van der Waals surface area contributed by atoms with Crippen LogP contribution in [0.1, 0.15) is 8.22 Å². The van der Waals surface area contributed by atoms with Gasteiger partial charge in [-0.2, -0.15) is 0 Å². The molecule has 0 aliphatic heterocycles. The van der Waals surface area contributed by atoms with Crippen molar-refractivity contribution in [3.63, 3.8) is 0 Å². The number of nitrogens with zero attached hydrogens (tertiary/aromatic N) is 4. The summed E-state index contributed by atoms with van der Waals surface area (Å²) in [5.74, 6) is 1.52. The Morgan fingerprint density at radius 1 is 0.440 bits per heavy atom. The van der Waals surface area contributed by atoms with Crippen LogP contribution in [0.5, 0.6) is 0 Å². The third-order valence-corrected chi connectivity index (χ3v) is 9.02. The van der Waals surface area contributed by atoms with E-state index in [0.717, 1.165) is 27.6 Å². The van der Waals surface area contributed by atoms with E-state index in [2.05, 4.69) is 24.3 Å². The lowest BCUT2D eigenvalue weighted by molar-refractivity contribution is 0.669. The van der Waals surface area contributed by atoms with Crippen molar-refractivity contribution in [3.8, 4) is 51.0 Å². The maximum Gasteiger partial charge on any atom is 0.164 e. The van der Waals surface area contributed by atoms with Gasteiger partial charge in [-0.3, -0.25) is 0 Å². The fourth-order valence-corrected chi connectivity index (χ4v) is 6.68. The Labute approximate surface area is 296 Å². The van der Waals surface area contributed by atoms with Gasteiger partial charge in [-0.15, -0.1) is 0 Å². The van der Waals surface area contributed by atoms with Crippen LogP contribution in [0.15, 0.2) is 174 Å². The topological polar surface area (TPSA) is 56.7 Å². The largest absolute Gasteiger partial charge is 0.456 e. The van der Waals surface area contributed by atoms with E-state index in [4.69, 9.17) is 27.6 Å². The smallest absolute Gasteiger partial charge is 0.164 e. The summed E-state index contributed by atoms with van der Waals surface area (Å²) in [5.41, 5.74) is 6.87. The van der Waals surface area contributed by atoms with Crippen molar-refractivity contribution in [2.45, 2.75) is 0 Å². The second kappa shape index (κ2) is 11.4. The van der Waals surface area contributed by atoms with Crippen LogP contribution in [-0.2, 0) is 0 Å². The van der Waals surface area contributed by atoms with Gasteiger partial charge in [-0.1, -0.05) is 133 Å². The van der Waals surface area contributed by atoms with Gasteiger partial charge in [0.15, 0.2) is 17.5 Å². The highest BCUT2D eigenvalue weighted by Crippen LogP contribution is 2.39. The molecule has 0 spiro atoms. The summed E-state index contributed by atoms with van der Waals surface area (Å²) in [7, 11) is 0. The summed E-state index contributed by atoms with van der Waals surface area (Å²) in [4.78, 5) is 14.8. The maximum absolute atomic E-state index is 8.95. The molecule has 5 heteroatoms. The lowest BCUT2D eigenvalue weighted by Crippen LogP contribution is -2.00. The molecule has 0 saturated heterocycles. The second-order valence-electron chi connectivity index (χ2n) is 12.0. The van der Waals surface area contributed by atoms with Gasteiger partial charge in [-0.05, 0) is 47.5 Å². The molecule has 0 saturated carbocycles. The van der Waals surface area contributed by atoms with Gasteiger partial charge in [0, 0.05) is 32.8 Å². The summed E-state index contributed by atoms with van der Waals surface area (Å²) in [6.07, 6.45) is 0. The zero-order valence-electron chi connectivity index (χ0n) is 32.4. The number of rotatable bonds is 5.